The molecule has 1 heterocycles. The monoisotopic (exact) mass is 232 g/mol. The maximum absolute atomic E-state index is 5.73. The van der Waals surface area contributed by atoms with E-state index in [4.69, 9.17) is 5.73 Å². The van der Waals surface area contributed by atoms with Crippen molar-refractivity contribution in [2.45, 2.75) is 26.3 Å². The summed E-state index contributed by atoms with van der Waals surface area (Å²) in [6.45, 7) is 4.88. The summed E-state index contributed by atoms with van der Waals surface area (Å²) >= 11 is 1.69. The molecule has 0 amide bonds. The predicted octanol–water partition coefficient (Wildman–Crippen LogP) is 3.39. The van der Waals surface area contributed by atoms with Crippen molar-refractivity contribution in [2.75, 3.05) is 0 Å². The third-order valence-electron chi connectivity index (χ3n) is 2.58. The normalized spacial score (nSPS) is 11.0. The highest BCUT2D eigenvalue weighted by molar-refractivity contribution is 7.13. The summed E-state index contributed by atoms with van der Waals surface area (Å²) in [4.78, 5) is 4.65. The second-order valence-electron chi connectivity index (χ2n) is 4.09. The van der Waals surface area contributed by atoms with Gasteiger partial charge in [-0.05, 0) is 11.5 Å². The first-order chi connectivity index (χ1) is 7.72. The summed E-state index contributed by atoms with van der Waals surface area (Å²) in [5.74, 6) is 0.482. The van der Waals surface area contributed by atoms with Gasteiger partial charge in [0.15, 0.2) is 0 Å². The van der Waals surface area contributed by atoms with Gasteiger partial charge in [-0.2, -0.15) is 0 Å². The van der Waals surface area contributed by atoms with Gasteiger partial charge in [0.1, 0.15) is 5.01 Å². The van der Waals surface area contributed by atoms with E-state index in [-0.39, 0.29) is 0 Å². The maximum atomic E-state index is 5.73. The number of aromatic nitrogens is 1. The standard InChI is InChI=1S/C13H16N2S/c1-9(2)12-8-16-13(15-12)11-6-4-3-5-10(11)7-14/h3-6,8-9H,7,14H2,1-2H3. The Morgan fingerprint density at radius 2 is 2.06 bits per heavy atom. The minimum atomic E-state index is 0.482. The molecule has 0 aliphatic carbocycles. The van der Waals surface area contributed by atoms with E-state index >= 15 is 0 Å². The molecular formula is C13H16N2S. The van der Waals surface area contributed by atoms with Crippen LogP contribution in [0.25, 0.3) is 10.6 Å². The van der Waals surface area contributed by atoms with Crippen molar-refractivity contribution in [2.24, 2.45) is 5.73 Å². The van der Waals surface area contributed by atoms with Crippen LogP contribution < -0.4 is 5.73 Å². The van der Waals surface area contributed by atoms with Gasteiger partial charge in [0.2, 0.25) is 0 Å². The molecule has 2 N–H and O–H groups in total. The number of rotatable bonds is 3. The summed E-state index contributed by atoms with van der Waals surface area (Å²) < 4.78 is 0. The van der Waals surface area contributed by atoms with Gasteiger partial charge in [0.05, 0.1) is 5.69 Å². The van der Waals surface area contributed by atoms with Gasteiger partial charge in [0.25, 0.3) is 0 Å². The summed E-state index contributed by atoms with van der Waals surface area (Å²) in [5, 5.41) is 3.21. The minimum Gasteiger partial charge on any atom is -0.326 e. The molecule has 2 aromatic rings. The Morgan fingerprint density at radius 1 is 1.31 bits per heavy atom. The highest BCUT2D eigenvalue weighted by Crippen LogP contribution is 2.29. The Kier molecular flexibility index (Phi) is 3.36. The lowest BCUT2D eigenvalue weighted by Crippen LogP contribution is -1.98. The number of benzene rings is 1. The van der Waals surface area contributed by atoms with Crippen LogP contribution in [0.5, 0.6) is 0 Å². The zero-order chi connectivity index (χ0) is 11.5. The van der Waals surface area contributed by atoms with Crippen LogP contribution in [0.3, 0.4) is 0 Å². The Bertz CT molecular complexity index is 474. The van der Waals surface area contributed by atoms with Crippen LogP contribution in [-0.2, 0) is 6.54 Å². The van der Waals surface area contributed by atoms with Gasteiger partial charge >= 0.3 is 0 Å². The molecule has 1 aromatic heterocycles. The lowest BCUT2D eigenvalue weighted by Gasteiger charge is -2.04. The second kappa shape index (κ2) is 4.76. The number of hydrogen-bond donors (Lipinski definition) is 1. The van der Waals surface area contributed by atoms with E-state index in [0.29, 0.717) is 12.5 Å². The molecule has 0 atom stereocenters. The third-order valence-corrected chi connectivity index (χ3v) is 3.47. The third kappa shape index (κ3) is 2.15. The van der Waals surface area contributed by atoms with E-state index in [1.165, 1.54) is 5.56 Å². The molecule has 3 heteroatoms. The molecule has 84 valence electrons. The highest BCUT2D eigenvalue weighted by atomic mass is 32.1. The summed E-state index contributed by atoms with van der Waals surface area (Å²) in [6.07, 6.45) is 0. The van der Waals surface area contributed by atoms with Crippen molar-refractivity contribution in [1.82, 2.24) is 4.98 Å². The first-order valence-corrected chi connectivity index (χ1v) is 6.34. The van der Waals surface area contributed by atoms with Crippen LogP contribution in [0.15, 0.2) is 29.6 Å². The van der Waals surface area contributed by atoms with Gasteiger partial charge in [-0.3, -0.25) is 0 Å². The second-order valence-corrected chi connectivity index (χ2v) is 4.95. The van der Waals surface area contributed by atoms with Gasteiger partial charge < -0.3 is 5.73 Å². The average Bonchev–Trinajstić information content (AvgIpc) is 2.78. The van der Waals surface area contributed by atoms with Crippen LogP contribution >= 0.6 is 11.3 Å². The molecule has 0 unspecified atom stereocenters. The van der Waals surface area contributed by atoms with Gasteiger partial charge in [-0.1, -0.05) is 38.1 Å². The fourth-order valence-electron chi connectivity index (χ4n) is 1.58. The summed E-state index contributed by atoms with van der Waals surface area (Å²) in [7, 11) is 0. The molecular weight excluding hydrogens is 216 g/mol. The number of nitrogens with two attached hydrogens (primary N) is 1. The number of nitrogens with zero attached hydrogens (tertiary/aromatic N) is 1. The summed E-state index contributed by atoms with van der Waals surface area (Å²) in [5.41, 5.74) is 9.22. The van der Waals surface area contributed by atoms with Crippen LogP contribution in [0, 0.1) is 0 Å². The van der Waals surface area contributed by atoms with Crippen molar-refractivity contribution in [1.29, 1.82) is 0 Å². The van der Waals surface area contributed by atoms with E-state index in [2.05, 4.69) is 36.3 Å². The Morgan fingerprint density at radius 3 is 2.69 bits per heavy atom. The minimum absolute atomic E-state index is 0.482. The fraction of sp³-hybridized carbons (Fsp3) is 0.308. The van der Waals surface area contributed by atoms with E-state index < -0.39 is 0 Å². The Labute approximate surface area is 100 Å². The van der Waals surface area contributed by atoms with E-state index in [0.717, 1.165) is 16.3 Å². The molecule has 2 rings (SSSR count). The zero-order valence-corrected chi connectivity index (χ0v) is 10.4. The van der Waals surface area contributed by atoms with E-state index in [1.807, 2.05) is 12.1 Å². The molecule has 0 saturated heterocycles. The van der Waals surface area contributed by atoms with E-state index in [1.54, 1.807) is 11.3 Å². The zero-order valence-electron chi connectivity index (χ0n) is 9.60. The first kappa shape index (κ1) is 11.3. The molecule has 0 aliphatic rings. The SMILES string of the molecule is CC(C)c1csc(-c2ccccc2CN)n1. The molecule has 1 aromatic carbocycles. The van der Waals surface area contributed by atoms with Crippen LogP contribution in [-0.4, -0.2) is 4.98 Å². The maximum Gasteiger partial charge on any atom is 0.123 e. The smallest absolute Gasteiger partial charge is 0.123 e. The first-order valence-electron chi connectivity index (χ1n) is 5.46. The lowest BCUT2D eigenvalue weighted by molar-refractivity contribution is 0.834. The predicted molar refractivity (Wildman–Crippen MR) is 69.5 cm³/mol. The van der Waals surface area contributed by atoms with Gasteiger partial charge in [0, 0.05) is 17.5 Å². The summed E-state index contributed by atoms with van der Waals surface area (Å²) in [6, 6.07) is 8.20. The lowest BCUT2D eigenvalue weighted by atomic mass is 10.1. The molecule has 0 aliphatic heterocycles. The molecule has 0 bridgehead atoms. The van der Waals surface area contributed by atoms with E-state index in [9.17, 15) is 0 Å². The largest absolute Gasteiger partial charge is 0.326 e. The molecule has 0 radical (unpaired) electrons. The molecule has 16 heavy (non-hydrogen) atoms. The van der Waals surface area contributed by atoms with Gasteiger partial charge in [-0.15, -0.1) is 11.3 Å². The topological polar surface area (TPSA) is 38.9 Å². The molecule has 0 fully saturated rings. The highest BCUT2D eigenvalue weighted by Gasteiger charge is 2.09. The van der Waals surface area contributed by atoms with Gasteiger partial charge in [-0.25, -0.2) is 4.98 Å². The van der Waals surface area contributed by atoms with Crippen molar-refractivity contribution in [3.63, 3.8) is 0 Å². The van der Waals surface area contributed by atoms with Crippen LogP contribution in [0.2, 0.25) is 0 Å². The molecule has 0 saturated carbocycles. The van der Waals surface area contributed by atoms with Crippen molar-refractivity contribution >= 4 is 11.3 Å². The molecule has 2 nitrogen and oxygen atoms in total. The quantitative estimate of drug-likeness (QED) is 0.881. The van der Waals surface area contributed by atoms with Crippen molar-refractivity contribution < 1.29 is 0 Å². The molecule has 0 spiro atoms. The van der Waals surface area contributed by atoms with Crippen molar-refractivity contribution in [3.8, 4) is 10.6 Å². The van der Waals surface area contributed by atoms with Crippen LogP contribution in [0.4, 0.5) is 0 Å². The number of hydrogen-bond acceptors (Lipinski definition) is 3. The Hall–Kier alpha value is -1.19. The Balaban J connectivity index is 2.42. The number of thiazole rings is 1. The van der Waals surface area contributed by atoms with Crippen LogP contribution in [0.1, 0.15) is 31.0 Å². The van der Waals surface area contributed by atoms with Crippen molar-refractivity contribution in [3.05, 3.63) is 40.9 Å². The average molecular weight is 232 g/mol. The fourth-order valence-corrected chi connectivity index (χ4v) is 2.62.